The quantitative estimate of drug-likeness (QED) is 0.323. The first-order valence-corrected chi connectivity index (χ1v) is 13.5. The summed E-state index contributed by atoms with van der Waals surface area (Å²) in [5.41, 5.74) is 3.89. The van der Waals surface area contributed by atoms with Crippen molar-refractivity contribution in [1.29, 1.82) is 5.26 Å². The Morgan fingerprint density at radius 2 is 1.71 bits per heavy atom. The van der Waals surface area contributed by atoms with Crippen LogP contribution in [0.2, 0.25) is 0 Å². The van der Waals surface area contributed by atoms with Gasteiger partial charge in [-0.1, -0.05) is 30.3 Å². The molecule has 3 aromatic carbocycles. The standard InChI is InChI=1S/C32H30N2O4/c1-31-14-15-32(38-31,16-17-37-23-12-10-20-6-2-3-7-21(20)18-23)28-27(31)29(35)34(30(28)36)26-13-11-22(19-33)24-8-4-5-9-25(24)26/h4-5,8-13,18,35-36H,2-3,6-7,14-17H2,1H3/t31-,32-/m1/s1. The molecule has 3 aliphatic rings. The van der Waals surface area contributed by atoms with Gasteiger partial charge in [-0.2, -0.15) is 5.26 Å². The fourth-order valence-corrected chi connectivity index (χ4v) is 7.04. The van der Waals surface area contributed by atoms with Gasteiger partial charge < -0.3 is 19.7 Å². The zero-order valence-corrected chi connectivity index (χ0v) is 21.5. The second-order valence-corrected chi connectivity index (χ2v) is 11.1. The number of rotatable bonds is 5. The van der Waals surface area contributed by atoms with Crippen molar-refractivity contribution in [1.82, 2.24) is 4.57 Å². The third-order valence-corrected chi connectivity index (χ3v) is 8.89. The van der Waals surface area contributed by atoms with Crippen LogP contribution in [0.1, 0.15) is 66.8 Å². The predicted molar refractivity (Wildman–Crippen MR) is 144 cm³/mol. The molecule has 2 N–H and O–H groups in total. The predicted octanol–water partition coefficient (Wildman–Crippen LogP) is 6.50. The monoisotopic (exact) mass is 506 g/mol. The summed E-state index contributed by atoms with van der Waals surface area (Å²) in [7, 11) is 0. The van der Waals surface area contributed by atoms with E-state index in [-0.39, 0.29) is 11.8 Å². The lowest BCUT2D eigenvalue weighted by atomic mass is 9.78. The molecule has 2 bridgehead atoms. The highest BCUT2D eigenvalue weighted by molar-refractivity contribution is 5.95. The van der Waals surface area contributed by atoms with E-state index in [1.54, 1.807) is 12.1 Å². The maximum absolute atomic E-state index is 11.6. The molecular weight excluding hydrogens is 476 g/mol. The topological polar surface area (TPSA) is 87.6 Å². The van der Waals surface area contributed by atoms with Gasteiger partial charge in [0, 0.05) is 17.2 Å². The van der Waals surface area contributed by atoms with Crippen LogP contribution in [-0.4, -0.2) is 21.4 Å². The number of ether oxygens (including phenoxy) is 2. The second kappa shape index (κ2) is 8.28. The summed E-state index contributed by atoms with van der Waals surface area (Å²) in [4.78, 5) is 0. The first-order chi connectivity index (χ1) is 18.4. The number of hydrogen-bond donors (Lipinski definition) is 2. The van der Waals surface area contributed by atoms with Gasteiger partial charge in [0.05, 0.1) is 40.7 Å². The van der Waals surface area contributed by atoms with E-state index in [1.807, 2.05) is 31.2 Å². The van der Waals surface area contributed by atoms with Gasteiger partial charge >= 0.3 is 0 Å². The van der Waals surface area contributed by atoms with Crippen molar-refractivity contribution in [2.75, 3.05) is 6.61 Å². The zero-order valence-electron chi connectivity index (χ0n) is 21.5. The number of aromatic hydroxyl groups is 2. The van der Waals surface area contributed by atoms with E-state index in [2.05, 4.69) is 24.3 Å². The fourth-order valence-electron chi connectivity index (χ4n) is 7.04. The van der Waals surface area contributed by atoms with Gasteiger partial charge in [-0.3, -0.25) is 4.57 Å². The Hall–Kier alpha value is -3.95. The third-order valence-electron chi connectivity index (χ3n) is 8.89. The molecule has 0 radical (unpaired) electrons. The van der Waals surface area contributed by atoms with Crippen LogP contribution in [0, 0.1) is 11.3 Å². The molecule has 0 unspecified atom stereocenters. The van der Waals surface area contributed by atoms with E-state index in [9.17, 15) is 15.5 Å². The molecule has 0 amide bonds. The normalized spacial score (nSPS) is 23.3. The van der Waals surface area contributed by atoms with Crippen LogP contribution in [0.25, 0.3) is 16.5 Å². The number of aryl methyl sites for hydroxylation is 2. The molecule has 1 saturated heterocycles. The summed E-state index contributed by atoms with van der Waals surface area (Å²) in [6, 6.07) is 19.7. The molecular formula is C32H30N2O4. The first kappa shape index (κ1) is 23.2. The van der Waals surface area contributed by atoms with Crippen molar-refractivity contribution < 1.29 is 19.7 Å². The number of aromatic nitrogens is 1. The number of nitrogens with zero attached hydrogens (tertiary/aromatic N) is 2. The van der Waals surface area contributed by atoms with Gasteiger partial charge in [-0.25, -0.2) is 0 Å². The van der Waals surface area contributed by atoms with Crippen LogP contribution >= 0.6 is 0 Å². The van der Waals surface area contributed by atoms with E-state index in [0.717, 1.165) is 42.2 Å². The Labute approximate surface area is 221 Å². The summed E-state index contributed by atoms with van der Waals surface area (Å²) >= 11 is 0. The molecule has 6 heteroatoms. The summed E-state index contributed by atoms with van der Waals surface area (Å²) in [5, 5.41) is 34.3. The average Bonchev–Trinajstić information content (AvgIpc) is 3.52. The second-order valence-electron chi connectivity index (χ2n) is 11.1. The lowest BCUT2D eigenvalue weighted by Gasteiger charge is -2.26. The van der Waals surface area contributed by atoms with Gasteiger partial charge in [0.25, 0.3) is 0 Å². The van der Waals surface area contributed by atoms with Gasteiger partial charge in [-0.15, -0.1) is 0 Å². The molecule has 2 aliphatic heterocycles. The van der Waals surface area contributed by atoms with Crippen molar-refractivity contribution in [3.8, 4) is 29.3 Å². The molecule has 2 atom stereocenters. The van der Waals surface area contributed by atoms with Gasteiger partial charge in [0.2, 0.25) is 11.8 Å². The van der Waals surface area contributed by atoms with Crippen LogP contribution in [0.3, 0.4) is 0 Å². The summed E-state index contributed by atoms with van der Waals surface area (Å²) < 4.78 is 14.3. The van der Waals surface area contributed by atoms with Crippen molar-refractivity contribution in [3.05, 3.63) is 82.4 Å². The van der Waals surface area contributed by atoms with E-state index in [4.69, 9.17) is 9.47 Å². The summed E-state index contributed by atoms with van der Waals surface area (Å²) in [6.45, 7) is 2.44. The number of hydrogen-bond acceptors (Lipinski definition) is 5. The average molecular weight is 507 g/mol. The lowest BCUT2D eigenvalue weighted by Crippen LogP contribution is -2.25. The minimum absolute atomic E-state index is 0.00737. The molecule has 38 heavy (non-hydrogen) atoms. The Balaban J connectivity index is 1.25. The number of fused-ring (bicyclic) bond motifs is 7. The van der Waals surface area contributed by atoms with Crippen LogP contribution < -0.4 is 4.74 Å². The van der Waals surface area contributed by atoms with Crippen LogP contribution in [0.4, 0.5) is 0 Å². The van der Waals surface area contributed by atoms with Gasteiger partial charge in [0.15, 0.2) is 0 Å². The maximum Gasteiger partial charge on any atom is 0.205 e. The Kier molecular flexibility index (Phi) is 5.05. The molecule has 6 nitrogen and oxygen atoms in total. The van der Waals surface area contributed by atoms with Gasteiger partial charge in [-0.05, 0) is 80.8 Å². The van der Waals surface area contributed by atoms with Crippen LogP contribution in [0.15, 0.2) is 54.6 Å². The minimum Gasteiger partial charge on any atom is -0.494 e. The molecule has 1 aliphatic carbocycles. The summed E-state index contributed by atoms with van der Waals surface area (Å²) in [6.07, 6.45) is 6.79. The van der Waals surface area contributed by atoms with Crippen molar-refractivity contribution in [2.24, 2.45) is 0 Å². The van der Waals surface area contributed by atoms with Crippen molar-refractivity contribution in [2.45, 2.75) is 63.1 Å². The van der Waals surface area contributed by atoms with Crippen molar-refractivity contribution >= 4 is 10.8 Å². The van der Waals surface area contributed by atoms with E-state index < -0.39 is 11.2 Å². The van der Waals surface area contributed by atoms with E-state index >= 15 is 0 Å². The fraction of sp³-hybridized carbons (Fsp3) is 0.344. The summed E-state index contributed by atoms with van der Waals surface area (Å²) in [5.74, 6) is 0.853. The highest BCUT2D eigenvalue weighted by Crippen LogP contribution is 2.65. The highest BCUT2D eigenvalue weighted by Gasteiger charge is 2.61. The van der Waals surface area contributed by atoms with E-state index in [1.165, 1.54) is 28.5 Å². The smallest absolute Gasteiger partial charge is 0.205 e. The van der Waals surface area contributed by atoms with E-state index in [0.29, 0.717) is 35.4 Å². The third kappa shape index (κ3) is 3.21. The molecule has 192 valence electrons. The van der Waals surface area contributed by atoms with Crippen molar-refractivity contribution in [3.63, 3.8) is 0 Å². The number of nitriles is 1. The molecule has 0 spiro atoms. The molecule has 3 heterocycles. The van der Waals surface area contributed by atoms with Crippen LogP contribution in [0.5, 0.6) is 17.5 Å². The molecule has 1 fully saturated rings. The minimum atomic E-state index is -0.729. The molecule has 7 rings (SSSR count). The zero-order chi connectivity index (χ0) is 26.1. The Bertz CT molecular complexity index is 1650. The lowest BCUT2D eigenvalue weighted by molar-refractivity contribution is -0.0876. The molecule has 1 aromatic heterocycles. The SMILES string of the molecule is C[C@]12CC[C@](CCOc3ccc4c(c3)CCCC4)(O1)c1c2c(O)n(-c2ccc(C#N)c3ccccc23)c1O. The number of benzene rings is 3. The Morgan fingerprint density at radius 3 is 2.53 bits per heavy atom. The first-order valence-electron chi connectivity index (χ1n) is 13.5. The largest absolute Gasteiger partial charge is 0.494 e. The highest BCUT2D eigenvalue weighted by atomic mass is 16.5. The van der Waals surface area contributed by atoms with Gasteiger partial charge in [0.1, 0.15) is 11.4 Å². The molecule has 4 aromatic rings. The van der Waals surface area contributed by atoms with Crippen LogP contribution in [-0.2, 0) is 28.8 Å². The Morgan fingerprint density at radius 1 is 0.947 bits per heavy atom. The maximum atomic E-state index is 11.6. The molecule has 0 saturated carbocycles.